The number of benzene rings is 3. The first-order chi connectivity index (χ1) is 17.0. The average molecular weight is 488 g/mol. The van der Waals surface area contributed by atoms with Crippen LogP contribution in [0.2, 0.25) is 0 Å². The molecule has 36 heavy (non-hydrogen) atoms. The fourth-order valence-corrected chi connectivity index (χ4v) is 3.71. The molecule has 0 spiro atoms. The van der Waals surface area contributed by atoms with E-state index in [1.165, 1.54) is 19.1 Å². The first-order valence-corrected chi connectivity index (χ1v) is 11.2. The summed E-state index contributed by atoms with van der Waals surface area (Å²) in [6, 6.07) is 16.4. The van der Waals surface area contributed by atoms with E-state index in [0.29, 0.717) is 22.5 Å². The van der Waals surface area contributed by atoms with Gasteiger partial charge in [0.15, 0.2) is 0 Å². The van der Waals surface area contributed by atoms with Crippen LogP contribution in [0.4, 0.5) is 16.2 Å². The highest BCUT2D eigenvalue weighted by atomic mass is 16.6. The standard InChI is InChI=1S/C28H29N3O5/c1-17(15-29)16-31(27(33)36-28(2,3)4)25-21-13-19(8-7-18(21)10-12-24(25)34-5)20-9-11-23(30)22(14-20)26(32)35-6/h7-14H,1,16,30H2,2-6H3. The number of fused-ring (bicyclic) bond motifs is 1. The van der Waals surface area contributed by atoms with Gasteiger partial charge in [-0.1, -0.05) is 30.8 Å². The van der Waals surface area contributed by atoms with Gasteiger partial charge in [0, 0.05) is 16.6 Å². The van der Waals surface area contributed by atoms with Crippen LogP contribution in [0.5, 0.6) is 5.75 Å². The number of nitrogens with two attached hydrogens (primary N) is 1. The zero-order valence-electron chi connectivity index (χ0n) is 21.0. The lowest BCUT2D eigenvalue weighted by Gasteiger charge is -2.29. The lowest BCUT2D eigenvalue weighted by atomic mass is 9.97. The molecule has 0 radical (unpaired) electrons. The minimum absolute atomic E-state index is 0.0839. The number of nitrogens with zero attached hydrogens (tertiary/aromatic N) is 2. The zero-order chi connectivity index (χ0) is 26.6. The number of nitriles is 1. The molecule has 0 saturated carbocycles. The molecule has 0 saturated heterocycles. The van der Waals surface area contributed by atoms with Crippen LogP contribution < -0.4 is 15.4 Å². The molecule has 3 rings (SSSR count). The summed E-state index contributed by atoms with van der Waals surface area (Å²) in [4.78, 5) is 26.8. The number of ether oxygens (including phenoxy) is 3. The molecule has 0 aliphatic rings. The van der Waals surface area contributed by atoms with Crippen molar-refractivity contribution in [1.82, 2.24) is 0 Å². The minimum Gasteiger partial charge on any atom is -0.495 e. The molecule has 0 fully saturated rings. The molecule has 0 atom stereocenters. The highest BCUT2D eigenvalue weighted by Gasteiger charge is 2.28. The number of carbonyl (C=O) groups is 2. The van der Waals surface area contributed by atoms with Crippen molar-refractivity contribution in [3.8, 4) is 22.9 Å². The van der Waals surface area contributed by atoms with Gasteiger partial charge in [-0.2, -0.15) is 5.26 Å². The van der Waals surface area contributed by atoms with Crippen molar-refractivity contribution in [1.29, 1.82) is 5.26 Å². The number of rotatable bonds is 6. The van der Waals surface area contributed by atoms with Gasteiger partial charge in [0.05, 0.1) is 38.1 Å². The molecule has 0 bridgehead atoms. The van der Waals surface area contributed by atoms with Gasteiger partial charge in [-0.05, 0) is 61.5 Å². The second-order valence-electron chi connectivity index (χ2n) is 9.13. The van der Waals surface area contributed by atoms with Crippen molar-refractivity contribution in [2.45, 2.75) is 26.4 Å². The second-order valence-corrected chi connectivity index (χ2v) is 9.13. The fourth-order valence-electron chi connectivity index (χ4n) is 3.71. The molecular formula is C28H29N3O5. The number of carbonyl (C=O) groups excluding carboxylic acids is 2. The van der Waals surface area contributed by atoms with Gasteiger partial charge < -0.3 is 19.9 Å². The molecule has 8 nitrogen and oxygen atoms in total. The number of methoxy groups -OCH3 is 2. The Bertz CT molecular complexity index is 1380. The smallest absolute Gasteiger partial charge is 0.415 e. The lowest BCUT2D eigenvalue weighted by molar-refractivity contribution is 0.0579. The SMILES string of the molecule is C=C(C#N)CN(C(=O)OC(C)(C)C)c1c(OC)ccc2ccc(-c3ccc(N)c(C(=O)OC)c3)cc12. The summed E-state index contributed by atoms with van der Waals surface area (Å²) in [6.45, 7) is 8.96. The molecule has 0 heterocycles. The van der Waals surface area contributed by atoms with Crippen LogP contribution in [0.3, 0.4) is 0 Å². The Balaban J connectivity index is 2.26. The van der Waals surface area contributed by atoms with Gasteiger partial charge in [-0.3, -0.25) is 4.90 Å². The van der Waals surface area contributed by atoms with Crippen molar-refractivity contribution >= 4 is 34.2 Å². The maximum Gasteiger partial charge on any atom is 0.415 e. The van der Waals surface area contributed by atoms with E-state index in [4.69, 9.17) is 19.9 Å². The number of hydrogen-bond donors (Lipinski definition) is 1. The van der Waals surface area contributed by atoms with Gasteiger partial charge in [-0.15, -0.1) is 0 Å². The van der Waals surface area contributed by atoms with Crippen LogP contribution >= 0.6 is 0 Å². The Kier molecular flexibility index (Phi) is 7.54. The van der Waals surface area contributed by atoms with E-state index in [1.807, 2.05) is 30.3 Å². The minimum atomic E-state index is -0.763. The fraction of sp³-hybridized carbons (Fsp3) is 0.250. The van der Waals surface area contributed by atoms with Crippen molar-refractivity contribution in [3.63, 3.8) is 0 Å². The van der Waals surface area contributed by atoms with E-state index in [9.17, 15) is 14.9 Å². The highest BCUT2D eigenvalue weighted by Crippen LogP contribution is 2.39. The molecule has 8 heteroatoms. The maximum atomic E-state index is 13.3. The number of anilines is 2. The first kappa shape index (κ1) is 26.1. The molecule has 3 aromatic rings. The molecule has 2 N–H and O–H groups in total. The molecule has 0 aromatic heterocycles. The van der Waals surface area contributed by atoms with Gasteiger partial charge in [-0.25, -0.2) is 9.59 Å². The molecule has 186 valence electrons. The number of hydrogen-bond acceptors (Lipinski definition) is 7. The quantitative estimate of drug-likeness (QED) is 0.269. The van der Waals surface area contributed by atoms with E-state index in [0.717, 1.165) is 16.5 Å². The summed E-state index contributed by atoms with van der Waals surface area (Å²) in [6.07, 6.45) is -0.643. The number of amides is 1. The molecule has 3 aromatic carbocycles. The lowest BCUT2D eigenvalue weighted by Crippen LogP contribution is -2.38. The number of nitrogen functional groups attached to an aromatic ring is 1. The molecule has 1 amide bonds. The molecule has 0 unspecified atom stereocenters. The van der Waals surface area contributed by atoms with Crippen LogP contribution in [-0.4, -0.2) is 38.4 Å². The third kappa shape index (κ3) is 5.58. The summed E-state index contributed by atoms with van der Waals surface area (Å²) in [5, 5.41) is 10.9. The summed E-state index contributed by atoms with van der Waals surface area (Å²) >= 11 is 0. The zero-order valence-corrected chi connectivity index (χ0v) is 21.0. The number of esters is 1. The topological polar surface area (TPSA) is 115 Å². The first-order valence-electron chi connectivity index (χ1n) is 11.2. The van der Waals surface area contributed by atoms with E-state index in [-0.39, 0.29) is 17.7 Å². The Labute approximate surface area is 210 Å². The Morgan fingerprint density at radius 2 is 1.69 bits per heavy atom. The predicted octanol–water partition coefficient (Wildman–Crippen LogP) is 5.71. The van der Waals surface area contributed by atoms with Crippen LogP contribution in [0.15, 0.2) is 60.7 Å². The van der Waals surface area contributed by atoms with Gasteiger partial charge in [0.2, 0.25) is 0 Å². The maximum absolute atomic E-state index is 13.3. The van der Waals surface area contributed by atoms with Crippen LogP contribution in [0.25, 0.3) is 21.9 Å². The second kappa shape index (κ2) is 10.4. The van der Waals surface area contributed by atoms with Crippen molar-refractivity contribution < 1.29 is 23.8 Å². The van der Waals surface area contributed by atoms with Crippen molar-refractivity contribution in [2.75, 3.05) is 31.4 Å². The third-order valence-corrected chi connectivity index (χ3v) is 5.36. The van der Waals surface area contributed by atoms with Crippen molar-refractivity contribution in [2.24, 2.45) is 0 Å². The van der Waals surface area contributed by atoms with E-state index in [1.54, 1.807) is 45.0 Å². The third-order valence-electron chi connectivity index (χ3n) is 5.36. The molecule has 0 aliphatic carbocycles. The van der Waals surface area contributed by atoms with Gasteiger partial charge in [0.25, 0.3) is 0 Å². The highest BCUT2D eigenvalue weighted by molar-refractivity contribution is 6.06. The van der Waals surface area contributed by atoms with Crippen LogP contribution in [-0.2, 0) is 9.47 Å². The Hall–Kier alpha value is -4.51. The van der Waals surface area contributed by atoms with E-state index in [2.05, 4.69) is 6.58 Å². The Morgan fingerprint density at radius 1 is 1.06 bits per heavy atom. The summed E-state index contributed by atoms with van der Waals surface area (Å²) < 4.78 is 16.1. The predicted molar refractivity (Wildman–Crippen MR) is 140 cm³/mol. The van der Waals surface area contributed by atoms with Gasteiger partial charge >= 0.3 is 12.1 Å². The summed E-state index contributed by atoms with van der Waals surface area (Å²) in [5.74, 6) is -0.118. The van der Waals surface area contributed by atoms with E-state index < -0.39 is 17.7 Å². The Morgan fingerprint density at radius 3 is 2.31 bits per heavy atom. The normalized spacial score (nSPS) is 10.9. The average Bonchev–Trinajstić information content (AvgIpc) is 2.84. The van der Waals surface area contributed by atoms with Crippen LogP contribution in [0.1, 0.15) is 31.1 Å². The summed E-state index contributed by atoms with van der Waals surface area (Å²) in [5.41, 5.74) is 7.87. The van der Waals surface area contributed by atoms with E-state index >= 15 is 0 Å². The largest absolute Gasteiger partial charge is 0.495 e. The molecule has 0 aliphatic heterocycles. The van der Waals surface area contributed by atoms with Gasteiger partial charge in [0.1, 0.15) is 11.4 Å². The monoisotopic (exact) mass is 487 g/mol. The van der Waals surface area contributed by atoms with Crippen LogP contribution in [0, 0.1) is 11.3 Å². The molecular weight excluding hydrogens is 458 g/mol. The summed E-state index contributed by atoms with van der Waals surface area (Å²) in [7, 11) is 2.80. The van der Waals surface area contributed by atoms with Crippen molar-refractivity contribution in [3.05, 3.63) is 66.2 Å².